The minimum absolute atomic E-state index is 0.0932. The summed E-state index contributed by atoms with van der Waals surface area (Å²) in [6.07, 6.45) is -0.0932. The fraction of sp³-hybridized carbons (Fsp3) is 0.250. The van der Waals surface area contributed by atoms with Crippen molar-refractivity contribution in [3.63, 3.8) is 0 Å². The molecule has 0 aromatic heterocycles. The van der Waals surface area contributed by atoms with Gasteiger partial charge in [0.15, 0.2) is 0 Å². The number of benzene rings is 1. The normalized spacial score (nSPS) is 17.3. The van der Waals surface area contributed by atoms with Crippen molar-refractivity contribution in [3.8, 4) is 0 Å². The van der Waals surface area contributed by atoms with Crippen molar-refractivity contribution in [2.75, 3.05) is 11.9 Å². The van der Waals surface area contributed by atoms with E-state index in [1.165, 1.54) is 12.1 Å². The Morgan fingerprint density at radius 2 is 2.21 bits per heavy atom. The van der Waals surface area contributed by atoms with E-state index in [0.717, 1.165) is 6.07 Å². The predicted octanol–water partition coefficient (Wildman–Crippen LogP) is 0.452. The second kappa shape index (κ2) is 5.05. The molecule has 0 bridgehead atoms. The highest BCUT2D eigenvalue weighted by atomic mass is 19.1. The van der Waals surface area contributed by atoms with E-state index in [2.05, 4.69) is 10.6 Å². The van der Waals surface area contributed by atoms with Crippen LogP contribution in [-0.2, 0) is 14.4 Å². The highest BCUT2D eigenvalue weighted by Gasteiger charge is 2.30. The van der Waals surface area contributed by atoms with Crippen molar-refractivity contribution in [1.82, 2.24) is 5.32 Å². The molecule has 6 nitrogen and oxygen atoms in total. The largest absolute Gasteiger partial charge is 0.480 e. The lowest BCUT2D eigenvalue weighted by molar-refractivity contribution is -0.138. The number of nitrogens with one attached hydrogen (secondary N) is 2. The van der Waals surface area contributed by atoms with Crippen LogP contribution in [0.25, 0.3) is 0 Å². The molecule has 2 rings (SSSR count). The van der Waals surface area contributed by atoms with Crippen molar-refractivity contribution in [2.45, 2.75) is 12.3 Å². The number of halogens is 1. The van der Waals surface area contributed by atoms with Crippen LogP contribution in [0.5, 0.6) is 0 Å². The molecule has 1 aliphatic rings. The zero-order valence-corrected chi connectivity index (χ0v) is 9.77. The number of aliphatic carboxylic acids is 1. The lowest BCUT2D eigenvalue weighted by Crippen LogP contribution is -2.37. The monoisotopic (exact) mass is 266 g/mol. The van der Waals surface area contributed by atoms with Crippen molar-refractivity contribution >= 4 is 23.5 Å². The van der Waals surface area contributed by atoms with Crippen LogP contribution in [0.15, 0.2) is 18.2 Å². The molecule has 7 heteroatoms. The molecule has 1 aromatic carbocycles. The molecule has 1 aromatic rings. The number of amides is 2. The maximum Gasteiger partial charge on any atom is 0.322 e. The second-order valence-electron chi connectivity index (χ2n) is 4.15. The minimum atomic E-state index is -1.17. The van der Waals surface area contributed by atoms with E-state index >= 15 is 0 Å². The van der Waals surface area contributed by atoms with E-state index in [4.69, 9.17) is 5.11 Å². The minimum Gasteiger partial charge on any atom is -0.480 e. The standard InChI is InChI=1S/C12H11FN2O4/c13-6-1-2-7-8(12(19)14-5-11(17)18)4-10(16)15-9(7)3-6/h1-3,8H,4-5H2,(H,14,19)(H,15,16)(H,17,18)/t8-/m1/s1. The lowest BCUT2D eigenvalue weighted by Gasteiger charge is -2.24. The molecule has 0 unspecified atom stereocenters. The summed E-state index contributed by atoms with van der Waals surface area (Å²) in [6.45, 7) is -0.520. The van der Waals surface area contributed by atoms with E-state index in [0.29, 0.717) is 5.56 Å². The van der Waals surface area contributed by atoms with Gasteiger partial charge >= 0.3 is 5.97 Å². The summed E-state index contributed by atoms with van der Waals surface area (Å²) in [5.41, 5.74) is 0.718. The van der Waals surface area contributed by atoms with Gasteiger partial charge in [0.1, 0.15) is 12.4 Å². The van der Waals surface area contributed by atoms with Crippen LogP contribution in [0.3, 0.4) is 0 Å². The second-order valence-corrected chi connectivity index (χ2v) is 4.15. The predicted molar refractivity (Wildman–Crippen MR) is 63.0 cm³/mol. The first-order valence-electron chi connectivity index (χ1n) is 5.56. The number of rotatable bonds is 3. The molecule has 1 heterocycles. The molecule has 0 fully saturated rings. The van der Waals surface area contributed by atoms with E-state index in [-0.39, 0.29) is 12.1 Å². The van der Waals surface area contributed by atoms with E-state index in [9.17, 15) is 18.8 Å². The van der Waals surface area contributed by atoms with Crippen LogP contribution in [0.4, 0.5) is 10.1 Å². The first-order chi connectivity index (χ1) is 8.97. The highest BCUT2D eigenvalue weighted by molar-refractivity contribution is 6.01. The van der Waals surface area contributed by atoms with Gasteiger partial charge in [-0.2, -0.15) is 0 Å². The van der Waals surface area contributed by atoms with Gasteiger partial charge in [0.25, 0.3) is 0 Å². The molecular formula is C12H11FN2O4. The van der Waals surface area contributed by atoms with Gasteiger partial charge in [0.05, 0.1) is 5.92 Å². The van der Waals surface area contributed by atoms with Gasteiger partial charge in [-0.1, -0.05) is 6.07 Å². The first kappa shape index (κ1) is 13.0. The summed E-state index contributed by atoms with van der Waals surface area (Å²) in [5, 5.41) is 13.2. The average Bonchev–Trinajstić information content (AvgIpc) is 2.34. The molecule has 100 valence electrons. The Bertz CT molecular complexity index is 559. The van der Waals surface area contributed by atoms with Gasteiger partial charge in [0, 0.05) is 12.1 Å². The third-order valence-corrected chi connectivity index (χ3v) is 2.78. The van der Waals surface area contributed by atoms with E-state index in [1.807, 2.05) is 0 Å². The number of carboxylic acids is 1. The van der Waals surface area contributed by atoms with Crippen LogP contribution in [0.2, 0.25) is 0 Å². The van der Waals surface area contributed by atoms with Gasteiger partial charge in [0.2, 0.25) is 11.8 Å². The van der Waals surface area contributed by atoms with Crippen molar-refractivity contribution < 1.29 is 23.9 Å². The molecule has 0 spiro atoms. The molecule has 3 N–H and O–H groups in total. The number of carbonyl (C=O) groups is 3. The SMILES string of the molecule is O=C(O)CNC(=O)[C@@H]1CC(=O)Nc2cc(F)ccc21. The number of carboxylic acid groups (broad SMARTS) is 1. The molecule has 0 saturated carbocycles. The van der Waals surface area contributed by atoms with Crippen molar-refractivity contribution in [2.24, 2.45) is 0 Å². The van der Waals surface area contributed by atoms with Gasteiger partial charge in [-0.25, -0.2) is 4.39 Å². The Labute approximate surface area is 107 Å². The van der Waals surface area contributed by atoms with Gasteiger partial charge in [-0.15, -0.1) is 0 Å². The molecule has 0 radical (unpaired) electrons. The summed E-state index contributed by atoms with van der Waals surface area (Å²) in [7, 11) is 0. The number of hydrogen-bond donors (Lipinski definition) is 3. The quantitative estimate of drug-likeness (QED) is 0.740. The number of anilines is 1. The number of fused-ring (bicyclic) bond motifs is 1. The smallest absolute Gasteiger partial charge is 0.322 e. The molecule has 2 amide bonds. The topological polar surface area (TPSA) is 95.5 Å². The Kier molecular flexibility index (Phi) is 3.46. The summed E-state index contributed by atoms with van der Waals surface area (Å²) in [5.74, 6) is -3.47. The van der Waals surface area contributed by atoms with Crippen molar-refractivity contribution in [3.05, 3.63) is 29.6 Å². The Hall–Kier alpha value is -2.44. The van der Waals surface area contributed by atoms with E-state index < -0.39 is 36.1 Å². The molecular weight excluding hydrogens is 255 g/mol. The summed E-state index contributed by atoms with van der Waals surface area (Å²) in [6, 6.07) is 3.73. The third-order valence-electron chi connectivity index (χ3n) is 2.78. The Morgan fingerprint density at radius 3 is 2.89 bits per heavy atom. The summed E-state index contributed by atoms with van der Waals surface area (Å²) in [4.78, 5) is 33.7. The molecule has 1 atom stereocenters. The van der Waals surface area contributed by atoms with Gasteiger partial charge < -0.3 is 15.7 Å². The Balaban J connectivity index is 2.25. The fourth-order valence-corrected chi connectivity index (χ4v) is 1.96. The maximum absolute atomic E-state index is 13.1. The van der Waals surface area contributed by atoms with Crippen molar-refractivity contribution in [1.29, 1.82) is 0 Å². The van der Waals surface area contributed by atoms with Crippen LogP contribution in [-0.4, -0.2) is 29.4 Å². The van der Waals surface area contributed by atoms with E-state index in [1.54, 1.807) is 0 Å². The Morgan fingerprint density at radius 1 is 1.47 bits per heavy atom. The highest BCUT2D eigenvalue weighted by Crippen LogP contribution is 2.32. The number of hydrogen-bond acceptors (Lipinski definition) is 3. The zero-order chi connectivity index (χ0) is 14.0. The molecule has 1 aliphatic heterocycles. The fourth-order valence-electron chi connectivity index (χ4n) is 1.96. The van der Waals surface area contributed by atoms with Crippen LogP contribution >= 0.6 is 0 Å². The maximum atomic E-state index is 13.1. The molecule has 0 saturated heterocycles. The third kappa shape index (κ3) is 2.87. The lowest BCUT2D eigenvalue weighted by atomic mass is 9.89. The zero-order valence-electron chi connectivity index (χ0n) is 9.77. The molecule has 19 heavy (non-hydrogen) atoms. The van der Waals surface area contributed by atoms with Crippen LogP contribution in [0.1, 0.15) is 17.9 Å². The van der Waals surface area contributed by atoms with Crippen LogP contribution in [0, 0.1) is 5.82 Å². The number of carbonyl (C=O) groups excluding carboxylic acids is 2. The van der Waals surface area contributed by atoms with Crippen LogP contribution < -0.4 is 10.6 Å². The summed E-state index contributed by atoms with van der Waals surface area (Å²) < 4.78 is 13.1. The first-order valence-corrected chi connectivity index (χ1v) is 5.56. The molecule has 0 aliphatic carbocycles. The summed E-state index contributed by atoms with van der Waals surface area (Å²) >= 11 is 0. The van der Waals surface area contributed by atoms with Gasteiger partial charge in [-0.3, -0.25) is 14.4 Å². The average molecular weight is 266 g/mol. The van der Waals surface area contributed by atoms with Gasteiger partial charge in [-0.05, 0) is 17.7 Å².